The average Bonchev–Trinajstić information content (AvgIpc) is 2.51. The van der Waals surface area contributed by atoms with Gasteiger partial charge in [0.25, 0.3) is 5.91 Å². The second-order valence-corrected chi connectivity index (χ2v) is 4.76. The lowest BCUT2D eigenvalue weighted by molar-refractivity contribution is 0.0983. The molecule has 0 unspecified atom stereocenters. The van der Waals surface area contributed by atoms with E-state index in [1.165, 1.54) is 17.0 Å². The van der Waals surface area contributed by atoms with Gasteiger partial charge in [-0.15, -0.1) is 0 Å². The van der Waals surface area contributed by atoms with Crippen LogP contribution in [-0.4, -0.2) is 12.5 Å². The number of para-hydroxylation sites is 1. The molecule has 2 aromatic carbocycles. The maximum absolute atomic E-state index is 13.8. The van der Waals surface area contributed by atoms with E-state index >= 15 is 0 Å². The Labute approximate surface area is 127 Å². The molecule has 0 bridgehead atoms. The fourth-order valence-electron chi connectivity index (χ4n) is 1.92. The highest BCUT2D eigenvalue weighted by Crippen LogP contribution is 2.21. The highest BCUT2D eigenvalue weighted by Gasteiger charge is 2.20. The minimum Gasteiger partial charge on any atom is -0.307 e. The van der Waals surface area contributed by atoms with Gasteiger partial charge in [0, 0.05) is 17.3 Å². The lowest BCUT2D eigenvalue weighted by Gasteiger charge is -2.22. The first-order chi connectivity index (χ1) is 10.1. The van der Waals surface area contributed by atoms with Crippen molar-refractivity contribution in [3.8, 4) is 6.07 Å². The molecule has 0 aliphatic carbocycles. The van der Waals surface area contributed by atoms with E-state index in [4.69, 9.17) is 16.9 Å². The maximum Gasteiger partial charge on any atom is 0.261 e. The van der Waals surface area contributed by atoms with Crippen LogP contribution in [0.1, 0.15) is 16.8 Å². The predicted octanol–water partition coefficient (Wildman–Crippen LogP) is 4.04. The Hall–Kier alpha value is -2.38. The van der Waals surface area contributed by atoms with E-state index in [2.05, 4.69) is 0 Å². The smallest absolute Gasteiger partial charge is 0.261 e. The average molecular weight is 303 g/mol. The van der Waals surface area contributed by atoms with E-state index < -0.39 is 11.7 Å². The van der Waals surface area contributed by atoms with Crippen LogP contribution in [0.4, 0.5) is 10.1 Å². The van der Waals surface area contributed by atoms with Crippen molar-refractivity contribution in [2.75, 3.05) is 11.4 Å². The third-order valence-corrected chi connectivity index (χ3v) is 3.15. The topological polar surface area (TPSA) is 44.1 Å². The fourth-order valence-corrected chi connectivity index (χ4v) is 2.10. The zero-order valence-corrected chi connectivity index (χ0v) is 11.8. The standard InChI is InChI=1S/C16H12ClFN2O/c17-12-7-8-15(18)14(11-12)16(21)20(10-4-9-19)13-5-2-1-3-6-13/h1-3,5-8,11H,4,10H2. The van der Waals surface area contributed by atoms with Crippen LogP contribution in [0.5, 0.6) is 0 Å². The Morgan fingerprint density at radius 1 is 1.24 bits per heavy atom. The normalized spacial score (nSPS) is 9.95. The van der Waals surface area contributed by atoms with Crippen molar-refractivity contribution in [3.63, 3.8) is 0 Å². The first-order valence-corrected chi connectivity index (χ1v) is 6.70. The number of carbonyl (C=O) groups is 1. The molecular weight excluding hydrogens is 291 g/mol. The molecule has 0 saturated carbocycles. The van der Waals surface area contributed by atoms with Crippen molar-refractivity contribution in [1.29, 1.82) is 5.26 Å². The number of amides is 1. The summed E-state index contributed by atoms with van der Waals surface area (Å²) < 4.78 is 13.8. The molecule has 0 radical (unpaired) electrons. The first-order valence-electron chi connectivity index (χ1n) is 6.32. The van der Waals surface area contributed by atoms with E-state index in [1.807, 2.05) is 12.1 Å². The van der Waals surface area contributed by atoms with Crippen molar-refractivity contribution in [3.05, 3.63) is 64.9 Å². The number of carbonyl (C=O) groups excluding carboxylic acids is 1. The molecule has 3 nitrogen and oxygen atoms in total. The number of hydrogen-bond donors (Lipinski definition) is 0. The summed E-state index contributed by atoms with van der Waals surface area (Å²) >= 11 is 5.83. The molecule has 0 N–H and O–H groups in total. The molecule has 2 rings (SSSR count). The molecule has 1 amide bonds. The molecule has 0 saturated heterocycles. The summed E-state index contributed by atoms with van der Waals surface area (Å²) in [4.78, 5) is 13.9. The van der Waals surface area contributed by atoms with Gasteiger partial charge in [0.1, 0.15) is 5.82 Å². The summed E-state index contributed by atoms with van der Waals surface area (Å²) in [5, 5.41) is 9.02. The highest BCUT2D eigenvalue weighted by atomic mass is 35.5. The van der Waals surface area contributed by atoms with Crippen LogP contribution in [0.3, 0.4) is 0 Å². The molecule has 0 fully saturated rings. The Kier molecular flexibility index (Phi) is 4.91. The van der Waals surface area contributed by atoms with Gasteiger partial charge in [0.2, 0.25) is 0 Å². The Balaban J connectivity index is 2.39. The summed E-state index contributed by atoms with van der Waals surface area (Å²) in [6.45, 7) is 0.186. The van der Waals surface area contributed by atoms with Crippen molar-refractivity contribution >= 4 is 23.2 Å². The number of anilines is 1. The van der Waals surface area contributed by atoms with Crippen molar-refractivity contribution in [1.82, 2.24) is 0 Å². The molecule has 106 valence electrons. The summed E-state index contributed by atoms with van der Waals surface area (Å²) in [7, 11) is 0. The fraction of sp³-hybridized carbons (Fsp3) is 0.125. The number of benzene rings is 2. The van der Waals surface area contributed by atoms with Gasteiger partial charge < -0.3 is 4.90 Å². The van der Waals surface area contributed by atoms with Crippen LogP contribution in [0.2, 0.25) is 5.02 Å². The predicted molar refractivity (Wildman–Crippen MR) is 79.8 cm³/mol. The highest BCUT2D eigenvalue weighted by molar-refractivity contribution is 6.31. The SMILES string of the molecule is N#CCCN(C(=O)c1cc(Cl)ccc1F)c1ccccc1. The minimum absolute atomic E-state index is 0.107. The van der Waals surface area contributed by atoms with Gasteiger partial charge in [-0.3, -0.25) is 4.79 Å². The number of halogens is 2. The molecule has 21 heavy (non-hydrogen) atoms. The molecular formula is C16H12ClFN2O. The lowest BCUT2D eigenvalue weighted by atomic mass is 10.1. The summed E-state index contributed by atoms with van der Waals surface area (Å²) in [5.74, 6) is -1.15. The number of rotatable bonds is 4. The van der Waals surface area contributed by atoms with Gasteiger partial charge in [-0.2, -0.15) is 5.26 Å². The zero-order chi connectivity index (χ0) is 15.2. The maximum atomic E-state index is 13.8. The van der Waals surface area contributed by atoms with Gasteiger partial charge in [0.15, 0.2) is 0 Å². The summed E-state index contributed by atoms with van der Waals surface area (Å²) in [5.41, 5.74) is 0.501. The molecule has 5 heteroatoms. The molecule has 0 aliphatic rings. The lowest BCUT2D eigenvalue weighted by Crippen LogP contribution is -2.32. The van der Waals surface area contributed by atoms with E-state index in [0.717, 1.165) is 6.07 Å². The van der Waals surface area contributed by atoms with Crippen LogP contribution in [-0.2, 0) is 0 Å². The molecule has 2 aromatic rings. The van der Waals surface area contributed by atoms with Crippen LogP contribution < -0.4 is 4.90 Å². The molecule has 0 atom stereocenters. The first kappa shape index (κ1) is 15.0. The van der Waals surface area contributed by atoms with Crippen molar-refractivity contribution < 1.29 is 9.18 Å². The van der Waals surface area contributed by atoms with Crippen molar-refractivity contribution in [2.45, 2.75) is 6.42 Å². The quantitative estimate of drug-likeness (QED) is 0.855. The van der Waals surface area contributed by atoms with Gasteiger partial charge in [-0.05, 0) is 30.3 Å². The molecule has 0 heterocycles. The zero-order valence-electron chi connectivity index (χ0n) is 11.1. The Morgan fingerprint density at radius 2 is 1.95 bits per heavy atom. The van der Waals surface area contributed by atoms with E-state index in [0.29, 0.717) is 5.69 Å². The second kappa shape index (κ2) is 6.87. The van der Waals surface area contributed by atoms with Gasteiger partial charge in [-0.1, -0.05) is 29.8 Å². The Morgan fingerprint density at radius 3 is 2.62 bits per heavy atom. The Bertz CT molecular complexity index is 682. The monoisotopic (exact) mass is 302 g/mol. The van der Waals surface area contributed by atoms with Crippen molar-refractivity contribution in [2.24, 2.45) is 0 Å². The van der Waals surface area contributed by atoms with Gasteiger partial charge in [0.05, 0.1) is 18.1 Å². The summed E-state index contributed by atoms with van der Waals surface area (Å²) in [6.07, 6.45) is 0.156. The largest absolute Gasteiger partial charge is 0.307 e. The number of hydrogen-bond acceptors (Lipinski definition) is 2. The van der Waals surface area contributed by atoms with Gasteiger partial charge in [-0.25, -0.2) is 4.39 Å². The van der Waals surface area contributed by atoms with Crippen LogP contribution in [0.25, 0.3) is 0 Å². The molecule has 0 aliphatic heterocycles. The van der Waals surface area contributed by atoms with Crippen LogP contribution in [0.15, 0.2) is 48.5 Å². The van der Waals surface area contributed by atoms with Gasteiger partial charge >= 0.3 is 0 Å². The molecule has 0 spiro atoms. The van der Waals surface area contributed by atoms with E-state index in [1.54, 1.807) is 24.3 Å². The second-order valence-electron chi connectivity index (χ2n) is 4.32. The third kappa shape index (κ3) is 3.59. The van der Waals surface area contributed by atoms with E-state index in [-0.39, 0.29) is 23.6 Å². The van der Waals surface area contributed by atoms with Crippen LogP contribution in [0, 0.1) is 17.1 Å². The van der Waals surface area contributed by atoms with Crippen LogP contribution >= 0.6 is 11.6 Å². The minimum atomic E-state index is -0.637. The van der Waals surface area contributed by atoms with E-state index in [9.17, 15) is 9.18 Å². The molecule has 0 aromatic heterocycles. The number of nitriles is 1. The summed E-state index contributed by atoms with van der Waals surface area (Å²) in [6, 6.07) is 14.7. The number of nitrogens with zero attached hydrogens (tertiary/aromatic N) is 2. The third-order valence-electron chi connectivity index (χ3n) is 2.92.